The molecule has 8 heteroatoms. The molecule has 44 heavy (non-hydrogen) atoms. The molecule has 0 unspecified atom stereocenters. The first-order valence-electron chi connectivity index (χ1n) is 14.4. The van der Waals surface area contributed by atoms with Crippen molar-refractivity contribution >= 4 is 46.3 Å². The fraction of sp³-hybridized carbons (Fsp3) is 0.0833. The van der Waals surface area contributed by atoms with Gasteiger partial charge in [0, 0.05) is 30.1 Å². The van der Waals surface area contributed by atoms with Gasteiger partial charge >= 0.3 is 0 Å². The molecular weight excluding hydrogens is 567 g/mol. The molecule has 1 aliphatic carbocycles. The summed E-state index contributed by atoms with van der Waals surface area (Å²) < 4.78 is 0. The summed E-state index contributed by atoms with van der Waals surface area (Å²) in [5.74, 6) is -0.966. The average Bonchev–Trinajstić information content (AvgIpc) is 3.08. The third-order valence-electron chi connectivity index (χ3n) is 7.66. The van der Waals surface area contributed by atoms with Crippen LogP contribution in [0.5, 0.6) is 0 Å². The van der Waals surface area contributed by atoms with Crippen LogP contribution in [0.25, 0.3) is 0 Å². The van der Waals surface area contributed by atoms with Gasteiger partial charge in [-0.15, -0.1) is 0 Å². The lowest BCUT2D eigenvalue weighted by molar-refractivity contribution is 0.0953. The topological polar surface area (TPSA) is 101 Å². The molecule has 6 rings (SSSR count). The Morgan fingerprint density at radius 2 is 1.36 bits per heavy atom. The van der Waals surface area contributed by atoms with Crippen molar-refractivity contribution in [3.63, 3.8) is 0 Å². The van der Waals surface area contributed by atoms with E-state index in [0.717, 1.165) is 12.6 Å². The fourth-order valence-electron chi connectivity index (χ4n) is 5.59. The van der Waals surface area contributed by atoms with E-state index in [9.17, 15) is 14.4 Å². The average molecular weight is 598 g/mol. The second-order valence-corrected chi connectivity index (χ2v) is 14.0. The number of benzene rings is 4. The zero-order valence-electron chi connectivity index (χ0n) is 23.9. The zero-order chi connectivity index (χ0) is 30.4. The number of allylic oxidation sites excluding steroid dienone is 2. The number of fused-ring (bicyclic) bond motifs is 1. The summed E-state index contributed by atoms with van der Waals surface area (Å²) in [4.78, 5) is 46.4. The Kier molecular flexibility index (Phi) is 8.48. The molecule has 0 saturated carbocycles. The number of amides is 1. The van der Waals surface area contributed by atoms with Crippen LogP contribution in [0.4, 0.5) is 5.69 Å². The number of carbonyl (C=O) groups excluding carboxylic acids is 3. The van der Waals surface area contributed by atoms with E-state index in [1.165, 1.54) is 34.5 Å². The zero-order valence-corrected chi connectivity index (χ0v) is 24.8. The molecule has 1 amide bonds. The van der Waals surface area contributed by atoms with Crippen LogP contribution in [0.15, 0.2) is 140 Å². The predicted octanol–water partition coefficient (Wildman–Crippen LogP) is 4.97. The minimum atomic E-state index is -1.98. The number of rotatable bonds is 10. The Balaban J connectivity index is 1.17. The van der Waals surface area contributed by atoms with E-state index in [1.807, 2.05) is 18.2 Å². The maximum absolute atomic E-state index is 13.2. The number of nitrogens with one attached hydrogen (secondary N) is 2. The highest BCUT2D eigenvalue weighted by Crippen LogP contribution is 2.55. The number of anilines is 1. The number of ketones is 2. The van der Waals surface area contributed by atoms with Gasteiger partial charge in [0.2, 0.25) is 11.6 Å². The number of Topliss-reactive ketones (excluding diaryl/α,β-unsaturated/α-hetero) is 1. The Morgan fingerprint density at radius 3 is 1.98 bits per heavy atom. The molecule has 7 nitrogen and oxygen atoms in total. The van der Waals surface area contributed by atoms with Crippen molar-refractivity contribution in [2.75, 3.05) is 18.0 Å². The number of hydrogen-bond donors (Lipinski definition) is 2. The lowest BCUT2D eigenvalue weighted by atomic mass is 9.98. The van der Waals surface area contributed by atoms with E-state index in [-0.39, 0.29) is 34.4 Å². The van der Waals surface area contributed by atoms with Crippen molar-refractivity contribution in [1.29, 1.82) is 0 Å². The summed E-state index contributed by atoms with van der Waals surface area (Å²) in [5, 5.41) is 10.0. The van der Waals surface area contributed by atoms with E-state index < -0.39 is 7.26 Å². The van der Waals surface area contributed by atoms with E-state index in [0.29, 0.717) is 17.8 Å². The number of aromatic nitrogens is 2. The van der Waals surface area contributed by atoms with E-state index in [1.54, 1.807) is 24.3 Å². The summed E-state index contributed by atoms with van der Waals surface area (Å²) in [6.07, 6.45) is 5.48. The van der Waals surface area contributed by atoms with Crippen molar-refractivity contribution in [1.82, 2.24) is 15.3 Å². The Labute approximate surface area is 256 Å². The second kappa shape index (κ2) is 12.9. The van der Waals surface area contributed by atoms with Crippen molar-refractivity contribution in [3.8, 4) is 0 Å². The summed E-state index contributed by atoms with van der Waals surface area (Å²) in [6, 6.07) is 38.9. The van der Waals surface area contributed by atoms with Gasteiger partial charge in [0.15, 0.2) is 0 Å². The maximum atomic E-state index is 13.2. The standard InChI is InChI=1S/C36H29N4O3P/c41-33-23-32(35(42)31-24-37-25-39-34(31)33)40-27-13-10-12-26(22-27)36(43)38-20-11-21-44(28-14-4-1-5-15-28,29-16-6-2-7-17-29)30-18-8-3-9-19-30/h1-10,12-19,22-25H,11,20-21H2,(H-,38,40,41,43)/p+1. The van der Waals surface area contributed by atoms with Gasteiger partial charge < -0.3 is 10.6 Å². The van der Waals surface area contributed by atoms with Crippen molar-refractivity contribution in [2.45, 2.75) is 6.42 Å². The van der Waals surface area contributed by atoms with Crippen LogP contribution >= 0.6 is 7.26 Å². The first-order chi connectivity index (χ1) is 21.6. The third-order valence-corrected chi connectivity index (χ3v) is 12.2. The Bertz CT molecular complexity index is 1750. The fourth-order valence-corrected chi connectivity index (χ4v) is 9.94. The molecule has 0 atom stereocenters. The van der Waals surface area contributed by atoms with Gasteiger partial charge in [-0.1, -0.05) is 60.7 Å². The summed E-state index contributed by atoms with van der Waals surface area (Å²) in [7, 11) is -1.98. The first-order valence-corrected chi connectivity index (χ1v) is 16.3. The maximum Gasteiger partial charge on any atom is 0.251 e. The van der Waals surface area contributed by atoms with Crippen LogP contribution in [0.1, 0.15) is 37.6 Å². The van der Waals surface area contributed by atoms with Gasteiger partial charge in [-0.2, -0.15) is 0 Å². The summed E-state index contributed by atoms with van der Waals surface area (Å²) >= 11 is 0. The van der Waals surface area contributed by atoms with Crippen LogP contribution in [-0.2, 0) is 0 Å². The second-order valence-electron chi connectivity index (χ2n) is 10.4. The SMILES string of the molecule is O=C(NCCC[P+](c1ccccc1)(c1ccccc1)c1ccccc1)c1cccc(NC2=CC(=O)c3ncncc3C2=O)c1. The molecule has 1 aromatic heterocycles. The van der Waals surface area contributed by atoms with Gasteiger partial charge in [-0.25, -0.2) is 9.97 Å². The minimum Gasteiger partial charge on any atom is -0.352 e. The van der Waals surface area contributed by atoms with Crippen LogP contribution in [0.3, 0.4) is 0 Å². The van der Waals surface area contributed by atoms with E-state index in [4.69, 9.17) is 0 Å². The third kappa shape index (κ3) is 5.83. The van der Waals surface area contributed by atoms with Gasteiger partial charge in [-0.3, -0.25) is 14.4 Å². The predicted molar refractivity (Wildman–Crippen MR) is 176 cm³/mol. The highest BCUT2D eigenvalue weighted by atomic mass is 31.2. The van der Waals surface area contributed by atoms with Crippen molar-refractivity contribution < 1.29 is 14.4 Å². The van der Waals surface area contributed by atoms with E-state index >= 15 is 0 Å². The van der Waals surface area contributed by atoms with Gasteiger partial charge in [-0.05, 0) is 61.0 Å². The quantitative estimate of drug-likeness (QED) is 0.174. The lowest BCUT2D eigenvalue weighted by Crippen LogP contribution is -2.34. The Hall–Kier alpha value is -5.26. The van der Waals surface area contributed by atoms with Crippen molar-refractivity contribution in [2.24, 2.45) is 0 Å². The molecule has 0 saturated heterocycles. The molecule has 2 N–H and O–H groups in total. The number of nitrogens with zero attached hydrogens (tertiary/aromatic N) is 2. The highest BCUT2D eigenvalue weighted by molar-refractivity contribution is 7.95. The molecule has 0 fully saturated rings. The smallest absolute Gasteiger partial charge is 0.251 e. The summed E-state index contributed by atoms with van der Waals surface area (Å²) in [5.41, 5.74) is 1.31. The van der Waals surface area contributed by atoms with Crippen LogP contribution in [-0.4, -0.2) is 40.1 Å². The Morgan fingerprint density at radius 1 is 0.750 bits per heavy atom. The highest BCUT2D eigenvalue weighted by Gasteiger charge is 2.44. The lowest BCUT2D eigenvalue weighted by Gasteiger charge is -2.27. The number of hydrogen-bond acceptors (Lipinski definition) is 6. The van der Waals surface area contributed by atoms with E-state index in [2.05, 4.69) is 93.4 Å². The minimum absolute atomic E-state index is 0.0851. The molecular formula is C36H30N4O3P+. The van der Waals surface area contributed by atoms with Crippen LogP contribution in [0.2, 0.25) is 0 Å². The first kappa shape index (κ1) is 28.8. The van der Waals surface area contributed by atoms with Crippen LogP contribution < -0.4 is 26.5 Å². The van der Waals surface area contributed by atoms with Gasteiger partial charge in [0.25, 0.3) is 5.91 Å². The summed E-state index contributed by atoms with van der Waals surface area (Å²) in [6.45, 7) is 0.500. The van der Waals surface area contributed by atoms with Gasteiger partial charge in [0.1, 0.15) is 35.2 Å². The molecule has 0 aliphatic heterocycles. The molecule has 1 heterocycles. The van der Waals surface area contributed by atoms with Gasteiger partial charge in [0.05, 0.1) is 17.4 Å². The molecule has 216 valence electrons. The molecule has 0 spiro atoms. The van der Waals surface area contributed by atoms with Crippen LogP contribution in [0, 0.1) is 0 Å². The largest absolute Gasteiger partial charge is 0.352 e. The molecule has 0 radical (unpaired) electrons. The molecule has 4 aromatic carbocycles. The molecule has 1 aliphatic rings. The molecule has 0 bridgehead atoms. The normalized spacial score (nSPS) is 12.7. The monoisotopic (exact) mass is 597 g/mol. The molecule has 5 aromatic rings. The number of carbonyl (C=O) groups is 3. The van der Waals surface area contributed by atoms with Crippen molar-refractivity contribution in [3.05, 3.63) is 156 Å².